The van der Waals surface area contributed by atoms with Gasteiger partial charge in [-0.2, -0.15) is 0 Å². The number of hydrazine groups is 1. The van der Waals surface area contributed by atoms with Crippen molar-refractivity contribution in [1.29, 1.82) is 0 Å². The summed E-state index contributed by atoms with van der Waals surface area (Å²) in [6.07, 6.45) is 4.06. The van der Waals surface area contributed by atoms with Gasteiger partial charge in [-0.05, 0) is 12.1 Å². The molecule has 7 nitrogen and oxygen atoms in total. The van der Waals surface area contributed by atoms with E-state index in [9.17, 15) is 0 Å². The van der Waals surface area contributed by atoms with Gasteiger partial charge in [0.1, 0.15) is 5.82 Å². The van der Waals surface area contributed by atoms with Crippen molar-refractivity contribution in [2.75, 3.05) is 37.2 Å². The molecule has 0 unspecified atom stereocenters. The van der Waals surface area contributed by atoms with Gasteiger partial charge in [0, 0.05) is 51.2 Å². The van der Waals surface area contributed by atoms with Crippen LogP contribution in [0.2, 0.25) is 0 Å². The Morgan fingerprint density at radius 3 is 2.60 bits per heavy atom. The molecule has 4 N–H and O–H groups in total. The van der Waals surface area contributed by atoms with E-state index in [2.05, 4.69) is 25.8 Å². The van der Waals surface area contributed by atoms with Crippen molar-refractivity contribution >= 4 is 17.5 Å². The first-order chi connectivity index (χ1) is 9.61. The summed E-state index contributed by atoms with van der Waals surface area (Å²) in [6, 6.07) is 3.83. The van der Waals surface area contributed by atoms with Crippen LogP contribution in [0.5, 0.6) is 0 Å². The van der Waals surface area contributed by atoms with Crippen LogP contribution in [0.1, 0.15) is 11.3 Å². The predicted molar refractivity (Wildman–Crippen MR) is 80.5 cm³/mol. The number of anilines is 3. The first-order valence-electron chi connectivity index (χ1n) is 6.27. The third-order valence-corrected chi connectivity index (χ3v) is 2.85. The van der Waals surface area contributed by atoms with Crippen LogP contribution in [0.15, 0.2) is 24.5 Å². The predicted octanol–water partition coefficient (Wildman–Crippen LogP) is 0.657. The molecule has 0 aliphatic carbocycles. The number of hydrogen-bond acceptors (Lipinski definition) is 7. The Hall–Kier alpha value is -2.41. The van der Waals surface area contributed by atoms with Gasteiger partial charge in [-0.1, -0.05) is 0 Å². The van der Waals surface area contributed by atoms with Crippen LogP contribution >= 0.6 is 0 Å². The lowest BCUT2D eigenvalue weighted by Crippen LogP contribution is -2.20. The molecule has 0 aliphatic heterocycles. The third kappa shape index (κ3) is 3.12. The monoisotopic (exact) mass is 273 g/mol. The lowest BCUT2D eigenvalue weighted by molar-refractivity contribution is 0.938. The Morgan fingerprint density at radius 2 is 1.95 bits per heavy atom. The molecule has 0 aromatic carbocycles. The zero-order chi connectivity index (χ0) is 14.5. The first kappa shape index (κ1) is 14.0. The molecule has 0 amide bonds. The van der Waals surface area contributed by atoms with Crippen LogP contribution in [0.3, 0.4) is 0 Å². The summed E-state index contributed by atoms with van der Waals surface area (Å²) in [7, 11) is 5.79. The molecule has 0 spiro atoms. The van der Waals surface area contributed by atoms with Crippen molar-refractivity contribution in [2.24, 2.45) is 0 Å². The molecule has 0 bridgehead atoms. The van der Waals surface area contributed by atoms with Crippen molar-refractivity contribution in [3.63, 3.8) is 0 Å². The maximum absolute atomic E-state index is 5.63. The molecule has 20 heavy (non-hydrogen) atoms. The van der Waals surface area contributed by atoms with E-state index in [0.29, 0.717) is 6.42 Å². The van der Waals surface area contributed by atoms with Crippen molar-refractivity contribution in [2.45, 2.75) is 6.42 Å². The van der Waals surface area contributed by atoms with Gasteiger partial charge in [0.05, 0.1) is 5.69 Å². The normalized spacial score (nSPS) is 10.3. The Balaban J connectivity index is 2.42. The fourth-order valence-electron chi connectivity index (χ4n) is 1.99. The summed E-state index contributed by atoms with van der Waals surface area (Å²) >= 11 is 0. The van der Waals surface area contributed by atoms with Gasteiger partial charge in [-0.25, -0.2) is 20.4 Å². The van der Waals surface area contributed by atoms with Crippen molar-refractivity contribution in [3.05, 3.63) is 35.8 Å². The quantitative estimate of drug-likeness (QED) is 0.689. The molecule has 106 valence electrons. The van der Waals surface area contributed by atoms with E-state index in [1.165, 1.54) is 0 Å². The van der Waals surface area contributed by atoms with Crippen molar-refractivity contribution in [1.82, 2.24) is 20.4 Å². The maximum atomic E-state index is 5.63. The molecule has 2 aromatic heterocycles. The number of nitrogens with two attached hydrogens (primary N) is 1. The molecule has 0 atom stereocenters. The Labute approximate surface area is 118 Å². The number of nitrogens with zero attached hydrogens (tertiary/aromatic N) is 4. The van der Waals surface area contributed by atoms with Crippen LogP contribution in [0.25, 0.3) is 0 Å². The third-order valence-electron chi connectivity index (χ3n) is 2.85. The van der Waals surface area contributed by atoms with E-state index in [1.54, 1.807) is 19.4 Å². The van der Waals surface area contributed by atoms with Gasteiger partial charge in [0.15, 0.2) is 0 Å². The molecule has 0 saturated heterocycles. The van der Waals surface area contributed by atoms with Crippen LogP contribution < -0.4 is 21.5 Å². The Morgan fingerprint density at radius 1 is 1.20 bits per heavy atom. The second-order valence-corrected chi connectivity index (χ2v) is 4.51. The highest BCUT2D eigenvalue weighted by Crippen LogP contribution is 2.26. The SMILES string of the molecule is CNNc1nccc(N(C)C)c1Cc1ccnc(N)n1. The van der Waals surface area contributed by atoms with E-state index in [-0.39, 0.29) is 5.95 Å². The number of aromatic nitrogens is 3. The highest BCUT2D eigenvalue weighted by Gasteiger charge is 2.12. The van der Waals surface area contributed by atoms with Gasteiger partial charge in [0.2, 0.25) is 5.95 Å². The van der Waals surface area contributed by atoms with Gasteiger partial charge in [0.25, 0.3) is 0 Å². The lowest BCUT2D eigenvalue weighted by Gasteiger charge is -2.20. The molecule has 0 aliphatic rings. The molecule has 0 radical (unpaired) electrons. The van der Waals surface area contributed by atoms with E-state index in [1.807, 2.05) is 31.1 Å². The topological polar surface area (TPSA) is 92.0 Å². The largest absolute Gasteiger partial charge is 0.377 e. The lowest BCUT2D eigenvalue weighted by atomic mass is 10.1. The number of hydrogen-bond donors (Lipinski definition) is 3. The average Bonchev–Trinajstić information content (AvgIpc) is 2.40. The number of rotatable bonds is 5. The Kier molecular flexibility index (Phi) is 4.31. The molecule has 0 saturated carbocycles. The van der Waals surface area contributed by atoms with Crippen LogP contribution in [0.4, 0.5) is 17.5 Å². The summed E-state index contributed by atoms with van der Waals surface area (Å²) in [6.45, 7) is 0. The molecule has 0 fully saturated rings. The van der Waals surface area contributed by atoms with Gasteiger partial charge in [-0.15, -0.1) is 0 Å². The second kappa shape index (κ2) is 6.16. The minimum Gasteiger partial charge on any atom is -0.377 e. The highest BCUT2D eigenvalue weighted by molar-refractivity contribution is 5.63. The fourth-order valence-corrected chi connectivity index (χ4v) is 1.99. The van der Waals surface area contributed by atoms with Crippen molar-refractivity contribution in [3.8, 4) is 0 Å². The van der Waals surface area contributed by atoms with Crippen molar-refractivity contribution < 1.29 is 0 Å². The molecular weight excluding hydrogens is 254 g/mol. The van der Waals surface area contributed by atoms with E-state index in [4.69, 9.17) is 5.73 Å². The minimum absolute atomic E-state index is 0.279. The van der Waals surface area contributed by atoms with Gasteiger partial charge < -0.3 is 16.1 Å². The molecule has 2 heterocycles. The van der Waals surface area contributed by atoms with Crippen LogP contribution in [-0.2, 0) is 6.42 Å². The van der Waals surface area contributed by atoms with E-state index < -0.39 is 0 Å². The molecular formula is C13H19N7. The minimum atomic E-state index is 0.279. The summed E-state index contributed by atoms with van der Waals surface area (Å²) in [5.41, 5.74) is 14.6. The number of nitrogens with one attached hydrogen (secondary N) is 2. The summed E-state index contributed by atoms with van der Waals surface area (Å²) in [4.78, 5) is 14.6. The number of pyridine rings is 1. The maximum Gasteiger partial charge on any atom is 0.220 e. The Bertz CT molecular complexity index is 583. The highest BCUT2D eigenvalue weighted by atomic mass is 15.4. The smallest absolute Gasteiger partial charge is 0.220 e. The average molecular weight is 273 g/mol. The van der Waals surface area contributed by atoms with E-state index >= 15 is 0 Å². The molecule has 7 heteroatoms. The summed E-state index contributed by atoms with van der Waals surface area (Å²) in [5.74, 6) is 1.05. The van der Waals surface area contributed by atoms with Gasteiger partial charge >= 0.3 is 0 Å². The first-order valence-corrected chi connectivity index (χ1v) is 6.27. The summed E-state index contributed by atoms with van der Waals surface area (Å²) in [5, 5.41) is 0. The number of nitrogen functional groups attached to an aromatic ring is 1. The zero-order valence-electron chi connectivity index (χ0n) is 11.9. The summed E-state index contributed by atoms with van der Waals surface area (Å²) < 4.78 is 0. The fraction of sp³-hybridized carbons (Fsp3) is 0.308. The zero-order valence-corrected chi connectivity index (χ0v) is 11.9. The molecule has 2 aromatic rings. The standard InChI is InChI=1S/C13H19N7/c1-15-19-12-10(11(20(2)3)5-7-16-12)8-9-4-6-17-13(14)18-9/h4-7,15H,8H2,1-3H3,(H,16,19)(H2,14,17,18). The van der Waals surface area contributed by atoms with E-state index in [0.717, 1.165) is 22.8 Å². The van der Waals surface area contributed by atoms with Crippen LogP contribution in [0, 0.1) is 0 Å². The molecule has 2 rings (SSSR count). The van der Waals surface area contributed by atoms with Crippen LogP contribution in [-0.4, -0.2) is 36.1 Å². The second-order valence-electron chi connectivity index (χ2n) is 4.51. The van der Waals surface area contributed by atoms with Gasteiger partial charge in [-0.3, -0.25) is 0 Å².